The van der Waals surface area contributed by atoms with Crippen LogP contribution in [0.2, 0.25) is 0 Å². The maximum atomic E-state index is 13.1. The molecule has 0 amide bonds. The van der Waals surface area contributed by atoms with Crippen molar-refractivity contribution in [1.29, 1.82) is 0 Å². The summed E-state index contributed by atoms with van der Waals surface area (Å²) in [6, 6.07) is 15.0. The van der Waals surface area contributed by atoms with Crippen molar-refractivity contribution in [3.05, 3.63) is 93.0 Å². The molecule has 8 heteroatoms. The van der Waals surface area contributed by atoms with E-state index in [1.54, 1.807) is 12.1 Å². The van der Waals surface area contributed by atoms with Crippen LogP contribution in [0.15, 0.2) is 70.4 Å². The summed E-state index contributed by atoms with van der Waals surface area (Å²) < 4.78 is 14.3. The van der Waals surface area contributed by atoms with E-state index in [4.69, 9.17) is 0 Å². The number of Topliss-reactive ketones (excluding diaryl/α,β-unsaturated/α-hetero) is 1. The van der Waals surface area contributed by atoms with Gasteiger partial charge in [0.05, 0.1) is 5.56 Å². The van der Waals surface area contributed by atoms with Crippen LogP contribution in [0.3, 0.4) is 0 Å². The highest BCUT2D eigenvalue weighted by atomic mass is 35.5. The summed E-state index contributed by atoms with van der Waals surface area (Å²) in [5, 5.41) is 0. The van der Waals surface area contributed by atoms with Gasteiger partial charge in [-0.1, -0.05) is 30.3 Å². The third kappa shape index (κ3) is 5.86. The molecule has 0 bridgehead atoms. The van der Waals surface area contributed by atoms with Gasteiger partial charge in [0.1, 0.15) is 5.82 Å². The summed E-state index contributed by atoms with van der Waals surface area (Å²) in [6.45, 7) is 2.65. The molecule has 2 aromatic carbocycles. The largest absolute Gasteiger partial charge is 0.328 e. The van der Waals surface area contributed by atoms with Crippen molar-refractivity contribution >= 4 is 18.2 Å². The number of H-pyrrole nitrogens is 1. The Labute approximate surface area is 197 Å². The van der Waals surface area contributed by atoms with E-state index in [2.05, 4.69) is 9.88 Å². The van der Waals surface area contributed by atoms with Crippen molar-refractivity contribution < 1.29 is 9.18 Å². The van der Waals surface area contributed by atoms with E-state index in [-0.39, 0.29) is 35.5 Å². The zero-order valence-electron chi connectivity index (χ0n) is 18.2. The number of halogens is 2. The normalized spacial score (nSPS) is 14.6. The van der Waals surface area contributed by atoms with Crippen molar-refractivity contribution in [2.45, 2.75) is 25.8 Å². The average molecular weight is 472 g/mol. The molecule has 0 atom stereocenters. The van der Waals surface area contributed by atoms with Gasteiger partial charge in [-0.25, -0.2) is 9.18 Å². The molecular weight excluding hydrogens is 445 g/mol. The van der Waals surface area contributed by atoms with Gasteiger partial charge in [-0.05, 0) is 68.7 Å². The molecular formula is C25H27ClFN3O3. The Morgan fingerprint density at radius 1 is 0.970 bits per heavy atom. The van der Waals surface area contributed by atoms with Crippen molar-refractivity contribution in [2.75, 3.05) is 19.6 Å². The van der Waals surface area contributed by atoms with Gasteiger partial charge in [0, 0.05) is 24.2 Å². The number of nitrogens with one attached hydrogen (secondary N) is 1. The number of hydrogen-bond donors (Lipinski definition) is 1. The van der Waals surface area contributed by atoms with E-state index in [1.165, 1.54) is 22.9 Å². The molecule has 1 fully saturated rings. The van der Waals surface area contributed by atoms with Gasteiger partial charge in [0.15, 0.2) is 5.78 Å². The number of likely N-dealkylation sites (tertiary alicyclic amines) is 1. The molecule has 1 aliphatic rings. The minimum absolute atomic E-state index is 0. The van der Waals surface area contributed by atoms with Crippen molar-refractivity contribution in [3.8, 4) is 11.1 Å². The van der Waals surface area contributed by atoms with Crippen molar-refractivity contribution in [3.63, 3.8) is 0 Å². The third-order valence-corrected chi connectivity index (χ3v) is 6.09. The fourth-order valence-corrected chi connectivity index (χ4v) is 4.26. The van der Waals surface area contributed by atoms with Crippen LogP contribution in [0.5, 0.6) is 0 Å². The minimum Gasteiger partial charge on any atom is -0.313 e. The molecule has 0 unspecified atom stereocenters. The number of aromatic nitrogens is 2. The number of carbonyl (C=O) groups is 1. The minimum atomic E-state index is -0.404. The number of rotatable bonds is 7. The fourth-order valence-electron chi connectivity index (χ4n) is 4.26. The van der Waals surface area contributed by atoms with Gasteiger partial charge in [-0.15, -0.1) is 12.4 Å². The SMILES string of the molecule is Cl.O=C(c1ccc(F)cc1)C1CCN(CCCn2c(=O)[nH]cc(-c3ccccc3)c2=O)CC1. The summed E-state index contributed by atoms with van der Waals surface area (Å²) in [4.78, 5) is 42.6. The van der Waals surface area contributed by atoms with Crippen LogP contribution in [-0.4, -0.2) is 39.9 Å². The third-order valence-electron chi connectivity index (χ3n) is 6.09. The quantitative estimate of drug-likeness (QED) is 0.532. The number of benzene rings is 2. The van der Waals surface area contributed by atoms with Crippen LogP contribution in [0.25, 0.3) is 11.1 Å². The van der Waals surface area contributed by atoms with Crippen LogP contribution in [0.4, 0.5) is 4.39 Å². The van der Waals surface area contributed by atoms with Crippen molar-refractivity contribution in [2.24, 2.45) is 5.92 Å². The molecule has 0 radical (unpaired) electrons. The van der Waals surface area contributed by atoms with Crippen LogP contribution in [0.1, 0.15) is 29.6 Å². The zero-order valence-corrected chi connectivity index (χ0v) is 19.0. The molecule has 0 saturated carbocycles. The molecule has 174 valence electrons. The van der Waals surface area contributed by atoms with Crippen LogP contribution < -0.4 is 11.2 Å². The molecule has 1 N–H and O–H groups in total. The summed E-state index contributed by atoms with van der Waals surface area (Å²) in [7, 11) is 0. The molecule has 4 rings (SSSR count). The molecule has 33 heavy (non-hydrogen) atoms. The fraction of sp³-hybridized carbons (Fsp3) is 0.320. The first kappa shape index (κ1) is 24.6. The van der Waals surface area contributed by atoms with Gasteiger partial charge < -0.3 is 9.88 Å². The topological polar surface area (TPSA) is 75.2 Å². The standard InChI is InChI=1S/C25H26FN3O3.ClH/c26-21-9-7-19(8-10-21)23(30)20-11-15-28(16-12-20)13-4-14-29-24(31)22(17-27-25(29)32)18-5-2-1-3-6-18;/h1-3,5-10,17,20H,4,11-16H2,(H,27,32);1H. The predicted molar refractivity (Wildman–Crippen MR) is 129 cm³/mol. The second kappa shape index (κ2) is 11.2. The van der Waals surface area contributed by atoms with E-state index in [1.807, 2.05) is 30.3 Å². The monoisotopic (exact) mass is 471 g/mol. The average Bonchev–Trinajstić information content (AvgIpc) is 2.82. The summed E-state index contributed by atoms with van der Waals surface area (Å²) in [6.07, 6.45) is 3.64. The van der Waals surface area contributed by atoms with Gasteiger partial charge in [-0.2, -0.15) is 0 Å². The Kier molecular flexibility index (Phi) is 8.36. The second-order valence-corrected chi connectivity index (χ2v) is 8.17. The Hall–Kier alpha value is -3.03. The van der Waals surface area contributed by atoms with Crippen LogP contribution in [0, 0.1) is 11.7 Å². The molecule has 3 aromatic rings. The molecule has 0 spiro atoms. The molecule has 2 heterocycles. The smallest absolute Gasteiger partial charge is 0.313 e. The maximum Gasteiger partial charge on any atom is 0.328 e. The lowest BCUT2D eigenvalue weighted by Gasteiger charge is -2.31. The van der Waals surface area contributed by atoms with Gasteiger partial charge >= 0.3 is 5.69 Å². The lowest BCUT2D eigenvalue weighted by molar-refractivity contribution is 0.0838. The lowest BCUT2D eigenvalue weighted by Crippen LogP contribution is -2.39. The van der Waals surface area contributed by atoms with Crippen molar-refractivity contribution in [1.82, 2.24) is 14.5 Å². The molecule has 1 aromatic heterocycles. The van der Waals surface area contributed by atoms with Gasteiger partial charge in [-0.3, -0.25) is 14.2 Å². The van der Waals surface area contributed by atoms with Crippen LogP contribution in [-0.2, 0) is 6.54 Å². The summed E-state index contributed by atoms with van der Waals surface area (Å²) in [5.74, 6) is -0.325. The molecule has 1 aliphatic heterocycles. The number of piperidine rings is 1. The van der Waals surface area contributed by atoms with Crippen LogP contribution >= 0.6 is 12.4 Å². The first-order valence-electron chi connectivity index (χ1n) is 10.9. The number of ketones is 1. The first-order valence-corrected chi connectivity index (χ1v) is 10.9. The molecule has 1 saturated heterocycles. The van der Waals surface area contributed by atoms with Gasteiger partial charge in [0.25, 0.3) is 5.56 Å². The van der Waals surface area contributed by atoms with E-state index in [0.717, 1.165) is 38.0 Å². The highest BCUT2D eigenvalue weighted by Gasteiger charge is 2.25. The number of aromatic amines is 1. The van der Waals surface area contributed by atoms with E-state index in [9.17, 15) is 18.8 Å². The Bertz CT molecular complexity index is 1180. The highest BCUT2D eigenvalue weighted by molar-refractivity contribution is 5.97. The van der Waals surface area contributed by atoms with E-state index in [0.29, 0.717) is 24.1 Å². The predicted octanol–water partition coefficient (Wildman–Crippen LogP) is 3.75. The number of carbonyl (C=O) groups excluding carboxylic acids is 1. The maximum absolute atomic E-state index is 13.1. The zero-order chi connectivity index (χ0) is 22.5. The lowest BCUT2D eigenvalue weighted by atomic mass is 9.89. The first-order chi connectivity index (χ1) is 15.5. The highest BCUT2D eigenvalue weighted by Crippen LogP contribution is 2.22. The van der Waals surface area contributed by atoms with E-state index >= 15 is 0 Å². The number of hydrogen-bond acceptors (Lipinski definition) is 4. The molecule has 6 nitrogen and oxygen atoms in total. The number of nitrogens with zero attached hydrogens (tertiary/aromatic N) is 2. The molecule has 0 aliphatic carbocycles. The summed E-state index contributed by atoms with van der Waals surface area (Å²) >= 11 is 0. The second-order valence-electron chi connectivity index (χ2n) is 8.17. The Balaban J connectivity index is 0.00000306. The van der Waals surface area contributed by atoms with Gasteiger partial charge in [0.2, 0.25) is 0 Å². The summed E-state index contributed by atoms with van der Waals surface area (Å²) in [5.41, 5.74) is 1.12. The van der Waals surface area contributed by atoms with E-state index < -0.39 is 5.69 Å². The Morgan fingerprint density at radius 2 is 1.64 bits per heavy atom. The Morgan fingerprint density at radius 3 is 2.30 bits per heavy atom.